The fraction of sp³-hybridized carbons (Fsp3) is 0.500. The Labute approximate surface area is 119 Å². The molecule has 0 fully saturated rings. The van der Waals surface area contributed by atoms with Crippen molar-refractivity contribution in [3.05, 3.63) is 28.8 Å². The summed E-state index contributed by atoms with van der Waals surface area (Å²) in [7, 11) is 3.47. The molecule has 19 heavy (non-hydrogen) atoms. The van der Waals surface area contributed by atoms with Gasteiger partial charge in [0.1, 0.15) is 5.75 Å². The van der Waals surface area contributed by atoms with Crippen molar-refractivity contribution in [1.29, 1.82) is 0 Å². The van der Waals surface area contributed by atoms with Crippen LogP contribution < -0.4 is 10.1 Å². The zero-order valence-electron chi connectivity index (χ0n) is 11.7. The Morgan fingerprint density at radius 2 is 2.16 bits per heavy atom. The van der Waals surface area contributed by atoms with Crippen LogP contribution in [0.1, 0.15) is 18.9 Å². The first-order valence-corrected chi connectivity index (χ1v) is 6.74. The summed E-state index contributed by atoms with van der Waals surface area (Å²) in [5, 5.41) is 3.92. The molecule has 1 amide bonds. The molecule has 0 saturated heterocycles. The Kier molecular flexibility index (Phi) is 6.67. The molecule has 106 valence electrons. The number of ether oxygens (including phenoxy) is 1. The predicted molar refractivity (Wildman–Crippen MR) is 77.6 cm³/mol. The van der Waals surface area contributed by atoms with Gasteiger partial charge in [0.25, 0.3) is 0 Å². The van der Waals surface area contributed by atoms with Crippen molar-refractivity contribution >= 4 is 17.5 Å². The molecule has 0 bridgehead atoms. The molecule has 4 nitrogen and oxygen atoms in total. The van der Waals surface area contributed by atoms with E-state index in [2.05, 4.69) is 5.32 Å². The summed E-state index contributed by atoms with van der Waals surface area (Å²) < 4.78 is 5.66. The van der Waals surface area contributed by atoms with Crippen LogP contribution in [0.25, 0.3) is 0 Å². The largest absolute Gasteiger partial charge is 0.493 e. The van der Waals surface area contributed by atoms with Crippen LogP contribution in [0.5, 0.6) is 5.75 Å². The molecule has 0 aromatic heterocycles. The van der Waals surface area contributed by atoms with Gasteiger partial charge in [0.05, 0.1) is 13.0 Å². The number of halogens is 1. The van der Waals surface area contributed by atoms with Crippen LogP contribution in [0.2, 0.25) is 5.02 Å². The van der Waals surface area contributed by atoms with Crippen molar-refractivity contribution in [3.63, 3.8) is 0 Å². The Morgan fingerprint density at radius 3 is 2.79 bits per heavy atom. The second-order valence-corrected chi connectivity index (χ2v) is 4.86. The summed E-state index contributed by atoms with van der Waals surface area (Å²) in [6.07, 6.45) is 0.371. The fourth-order valence-corrected chi connectivity index (χ4v) is 1.75. The van der Waals surface area contributed by atoms with Crippen LogP contribution >= 0.6 is 11.6 Å². The van der Waals surface area contributed by atoms with Gasteiger partial charge < -0.3 is 15.0 Å². The topological polar surface area (TPSA) is 41.6 Å². The van der Waals surface area contributed by atoms with E-state index in [1.165, 1.54) is 0 Å². The molecule has 0 aliphatic heterocycles. The second-order valence-electron chi connectivity index (χ2n) is 4.42. The van der Waals surface area contributed by atoms with E-state index in [0.717, 1.165) is 17.9 Å². The maximum absolute atomic E-state index is 11.5. The standard InChI is InChI=1S/C14H21ClN2O2/c1-4-16-10-11-9-12(15)5-6-13(11)19-8-7-14(18)17(2)3/h5-6,9,16H,4,7-8,10H2,1-3H3. The number of hydrogen-bond acceptors (Lipinski definition) is 3. The normalized spacial score (nSPS) is 10.3. The molecule has 0 atom stereocenters. The van der Waals surface area contributed by atoms with Gasteiger partial charge in [0.2, 0.25) is 5.91 Å². The molecule has 0 radical (unpaired) electrons. The lowest BCUT2D eigenvalue weighted by molar-refractivity contribution is -0.129. The van der Waals surface area contributed by atoms with Gasteiger partial charge in [-0.1, -0.05) is 18.5 Å². The Morgan fingerprint density at radius 1 is 1.42 bits per heavy atom. The fourth-order valence-electron chi connectivity index (χ4n) is 1.56. The highest BCUT2D eigenvalue weighted by Crippen LogP contribution is 2.23. The van der Waals surface area contributed by atoms with Crippen LogP contribution in [-0.2, 0) is 11.3 Å². The van der Waals surface area contributed by atoms with Gasteiger partial charge in [0.15, 0.2) is 0 Å². The first kappa shape index (κ1) is 15.8. The number of benzene rings is 1. The average molecular weight is 285 g/mol. The van der Waals surface area contributed by atoms with Gasteiger partial charge in [-0.3, -0.25) is 4.79 Å². The lowest BCUT2D eigenvalue weighted by Gasteiger charge is -2.14. The lowest BCUT2D eigenvalue weighted by atomic mass is 10.2. The minimum atomic E-state index is 0.0576. The smallest absolute Gasteiger partial charge is 0.225 e. The Bertz CT molecular complexity index is 422. The van der Waals surface area contributed by atoms with Crippen molar-refractivity contribution in [2.75, 3.05) is 27.2 Å². The van der Waals surface area contributed by atoms with E-state index in [1.807, 2.05) is 19.1 Å². The summed E-state index contributed by atoms with van der Waals surface area (Å²) in [6, 6.07) is 5.52. The van der Waals surface area contributed by atoms with Crippen molar-refractivity contribution in [3.8, 4) is 5.75 Å². The number of nitrogens with zero attached hydrogens (tertiary/aromatic N) is 1. The molecule has 1 aromatic rings. The van der Waals surface area contributed by atoms with Gasteiger partial charge in [-0.2, -0.15) is 0 Å². The second kappa shape index (κ2) is 8.02. The molecule has 5 heteroatoms. The quantitative estimate of drug-likeness (QED) is 0.835. The van der Waals surface area contributed by atoms with Gasteiger partial charge in [-0.05, 0) is 24.7 Å². The summed E-state index contributed by atoms with van der Waals surface area (Å²) >= 11 is 5.98. The molecule has 0 unspecified atom stereocenters. The molecular formula is C14H21ClN2O2. The minimum absolute atomic E-state index is 0.0576. The molecule has 1 N–H and O–H groups in total. The van der Waals surface area contributed by atoms with Crippen molar-refractivity contribution in [2.24, 2.45) is 0 Å². The molecule has 0 saturated carbocycles. The van der Waals surface area contributed by atoms with Crippen LogP contribution in [0.3, 0.4) is 0 Å². The molecule has 1 rings (SSSR count). The van der Waals surface area contributed by atoms with Gasteiger partial charge in [-0.15, -0.1) is 0 Å². The Balaban J connectivity index is 2.59. The van der Waals surface area contributed by atoms with Gasteiger partial charge >= 0.3 is 0 Å². The predicted octanol–water partition coefficient (Wildman–Crippen LogP) is 2.31. The highest BCUT2D eigenvalue weighted by molar-refractivity contribution is 6.30. The number of carbonyl (C=O) groups excluding carboxylic acids is 1. The molecule has 0 heterocycles. The van der Waals surface area contributed by atoms with Crippen LogP contribution in [0.4, 0.5) is 0 Å². The maximum Gasteiger partial charge on any atom is 0.225 e. The number of carbonyl (C=O) groups is 1. The number of hydrogen-bond donors (Lipinski definition) is 1. The van der Waals surface area contributed by atoms with Crippen molar-refractivity contribution in [2.45, 2.75) is 19.9 Å². The van der Waals surface area contributed by atoms with E-state index in [0.29, 0.717) is 24.6 Å². The summed E-state index contributed by atoms with van der Waals surface area (Å²) in [5.41, 5.74) is 1.01. The summed E-state index contributed by atoms with van der Waals surface area (Å²) in [6.45, 7) is 4.00. The van der Waals surface area contributed by atoms with Gasteiger partial charge in [0, 0.05) is 31.2 Å². The number of amides is 1. The van der Waals surface area contributed by atoms with Crippen LogP contribution in [0, 0.1) is 0 Å². The van der Waals surface area contributed by atoms with Crippen LogP contribution in [-0.4, -0.2) is 38.1 Å². The highest BCUT2D eigenvalue weighted by Gasteiger charge is 2.07. The van der Waals surface area contributed by atoms with E-state index in [1.54, 1.807) is 25.1 Å². The SMILES string of the molecule is CCNCc1cc(Cl)ccc1OCCC(=O)N(C)C. The van der Waals surface area contributed by atoms with E-state index in [4.69, 9.17) is 16.3 Å². The lowest BCUT2D eigenvalue weighted by Crippen LogP contribution is -2.23. The van der Waals surface area contributed by atoms with E-state index in [-0.39, 0.29) is 5.91 Å². The minimum Gasteiger partial charge on any atom is -0.493 e. The molecular weight excluding hydrogens is 264 g/mol. The monoisotopic (exact) mass is 284 g/mol. The maximum atomic E-state index is 11.5. The van der Waals surface area contributed by atoms with E-state index < -0.39 is 0 Å². The Hall–Kier alpha value is -1.26. The first-order valence-electron chi connectivity index (χ1n) is 6.36. The van der Waals surface area contributed by atoms with Crippen molar-refractivity contribution < 1.29 is 9.53 Å². The average Bonchev–Trinajstić information content (AvgIpc) is 2.38. The van der Waals surface area contributed by atoms with Crippen LogP contribution in [0.15, 0.2) is 18.2 Å². The first-order chi connectivity index (χ1) is 9.04. The number of rotatable bonds is 7. The molecule has 0 aliphatic rings. The zero-order valence-corrected chi connectivity index (χ0v) is 12.5. The third-order valence-electron chi connectivity index (χ3n) is 2.66. The number of nitrogens with one attached hydrogen (secondary N) is 1. The molecule has 0 aliphatic carbocycles. The van der Waals surface area contributed by atoms with E-state index >= 15 is 0 Å². The summed E-state index contributed by atoms with van der Waals surface area (Å²) in [4.78, 5) is 13.0. The van der Waals surface area contributed by atoms with Gasteiger partial charge in [-0.25, -0.2) is 0 Å². The van der Waals surface area contributed by atoms with E-state index in [9.17, 15) is 4.79 Å². The zero-order chi connectivity index (χ0) is 14.3. The van der Waals surface area contributed by atoms with Crippen molar-refractivity contribution in [1.82, 2.24) is 10.2 Å². The molecule has 0 spiro atoms. The molecule has 1 aromatic carbocycles. The summed E-state index contributed by atoms with van der Waals surface area (Å²) in [5.74, 6) is 0.833. The third kappa shape index (κ3) is 5.49. The highest BCUT2D eigenvalue weighted by atomic mass is 35.5. The third-order valence-corrected chi connectivity index (χ3v) is 2.90.